The lowest BCUT2D eigenvalue weighted by Crippen LogP contribution is -2.54. The number of halogens is 2. The van der Waals surface area contributed by atoms with Gasteiger partial charge in [-0.25, -0.2) is 8.78 Å². The van der Waals surface area contributed by atoms with E-state index in [2.05, 4.69) is 17.1 Å². The van der Waals surface area contributed by atoms with E-state index in [-0.39, 0.29) is 23.7 Å². The van der Waals surface area contributed by atoms with E-state index in [9.17, 15) is 18.4 Å². The summed E-state index contributed by atoms with van der Waals surface area (Å²) in [4.78, 5) is 29.8. The van der Waals surface area contributed by atoms with Gasteiger partial charge in [-0.3, -0.25) is 14.5 Å². The smallest absolute Gasteiger partial charge is 0.255 e. The Morgan fingerprint density at radius 1 is 1.06 bits per heavy atom. The molecule has 2 amide bonds. The van der Waals surface area contributed by atoms with Crippen LogP contribution in [0.2, 0.25) is 0 Å². The molecule has 2 aliphatic rings. The fourth-order valence-corrected chi connectivity index (χ4v) is 5.16. The number of hydrogen-bond donors (Lipinski definition) is 1. The number of amides is 2. The predicted octanol–water partition coefficient (Wildman–Crippen LogP) is 5.06. The monoisotopic (exact) mass is 469 g/mol. The van der Waals surface area contributed by atoms with E-state index < -0.39 is 11.7 Å². The molecule has 4 rings (SSSR count). The molecule has 2 aromatic rings. The number of carbonyl (C=O) groups is 2. The first kappa shape index (κ1) is 24.3. The summed E-state index contributed by atoms with van der Waals surface area (Å²) in [6.07, 6.45) is 4.28. The summed E-state index contributed by atoms with van der Waals surface area (Å²) in [7, 11) is 0. The molecule has 7 heteroatoms. The van der Waals surface area contributed by atoms with Crippen LogP contribution in [0.15, 0.2) is 30.3 Å². The van der Waals surface area contributed by atoms with Crippen molar-refractivity contribution >= 4 is 17.5 Å². The number of benzene rings is 2. The maximum Gasteiger partial charge on any atom is 0.255 e. The number of carbonyl (C=O) groups excluding carboxylic acids is 2. The zero-order valence-corrected chi connectivity index (χ0v) is 20.2. The molecule has 0 aromatic heterocycles. The number of nitrogens with one attached hydrogen (secondary N) is 1. The van der Waals surface area contributed by atoms with Crippen molar-refractivity contribution in [1.82, 2.24) is 9.80 Å². The van der Waals surface area contributed by atoms with Crippen LogP contribution in [0.4, 0.5) is 14.5 Å². The molecule has 1 aliphatic heterocycles. The molecule has 1 N–H and O–H groups in total. The third kappa shape index (κ3) is 5.30. The summed E-state index contributed by atoms with van der Waals surface area (Å²) in [5.41, 5.74) is 2.70. The van der Waals surface area contributed by atoms with E-state index in [4.69, 9.17) is 0 Å². The van der Waals surface area contributed by atoms with Gasteiger partial charge in [-0.05, 0) is 80.6 Å². The van der Waals surface area contributed by atoms with Gasteiger partial charge in [0.15, 0.2) is 0 Å². The second-order valence-corrected chi connectivity index (χ2v) is 9.75. The molecular weight excluding hydrogens is 436 g/mol. The fraction of sp³-hybridized carbons (Fsp3) is 0.481. The Hall–Kier alpha value is -2.80. The van der Waals surface area contributed by atoms with Gasteiger partial charge in [0.05, 0.1) is 0 Å². The Labute approximate surface area is 200 Å². The lowest BCUT2D eigenvalue weighted by atomic mass is 10.0. The number of rotatable bonds is 5. The minimum atomic E-state index is -0.422. The molecule has 0 spiro atoms. The first-order valence-electron chi connectivity index (χ1n) is 12.1. The Kier molecular flexibility index (Phi) is 7.31. The minimum Gasteiger partial charge on any atom is -0.337 e. The second-order valence-electron chi connectivity index (χ2n) is 9.75. The van der Waals surface area contributed by atoms with E-state index in [0.29, 0.717) is 29.9 Å². The van der Waals surface area contributed by atoms with E-state index >= 15 is 0 Å². The van der Waals surface area contributed by atoms with Crippen molar-refractivity contribution in [1.29, 1.82) is 0 Å². The van der Waals surface area contributed by atoms with Gasteiger partial charge in [0, 0.05) is 49.4 Å². The van der Waals surface area contributed by atoms with Crippen LogP contribution in [-0.2, 0) is 11.3 Å². The minimum absolute atomic E-state index is 0.108. The van der Waals surface area contributed by atoms with Crippen LogP contribution in [0.25, 0.3) is 0 Å². The highest BCUT2D eigenvalue weighted by Crippen LogP contribution is 2.29. The highest BCUT2D eigenvalue weighted by atomic mass is 19.1. The van der Waals surface area contributed by atoms with Gasteiger partial charge in [-0.15, -0.1) is 0 Å². The predicted molar refractivity (Wildman–Crippen MR) is 129 cm³/mol. The molecule has 1 saturated carbocycles. The van der Waals surface area contributed by atoms with Gasteiger partial charge in [0.2, 0.25) is 5.91 Å². The molecule has 1 heterocycles. The molecule has 1 atom stereocenters. The fourth-order valence-electron chi connectivity index (χ4n) is 5.16. The summed E-state index contributed by atoms with van der Waals surface area (Å²) < 4.78 is 28.0. The van der Waals surface area contributed by atoms with Gasteiger partial charge >= 0.3 is 0 Å². The maximum absolute atomic E-state index is 14.5. The van der Waals surface area contributed by atoms with Gasteiger partial charge in [-0.1, -0.05) is 12.8 Å². The average Bonchev–Trinajstić information content (AvgIpc) is 3.33. The molecular formula is C27H33F2N3O2. The highest BCUT2D eigenvalue weighted by molar-refractivity contribution is 6.04. The van der Waals surface area contributed by atoms with E-state index in [0.717, 1.165) is 49.9 Å². The topological polar surface area (TPSA) is 52.7 Å². The molecule has 1 saturated heterocycles. The van der Waals surface area contributed by atoms with Gasteiger partial charge in [0.1, 0.15) is 11.6 Å². The summed E-state index contributed by atoms with van der Waals surface area (Å²) in [6.45, 7) is 8.22. The van der Waals surface area contributed by atoms with Gasteiger partial charge in [0.25, 0.3) is 5.91 Å². The molecule has 182 valence electrons. The lowest BCUT2D eigenvalue weighted by Gasteiger charge is -2.41. The maximum atomic E-state index is 14.5. The van der Waals surface area contributed by atoms with Gasteiger partial charge in [-0.2, -0.15) is 0 Å². The third-order valence-corrected chi connectivity index (χ3v) is 7.24. The lowest BCUT2D eigenvalue weighted by molar-refractivity contribution is -0.140. The normalized spacial score (nSPS) is 19.4. The van der Waals surface area contributed by atoms with Crippen LogP contribution in [0.5, 0.6) is 0 Å². The Morgan fingerprint density at radius 2 is 1.79 bits per heavy atom. The van der Waals surface area contributed by atoms with Crippen molar-refractivity contribution in [3.63, 3.8) is 0 Å². The summed E-state index contributed by atoms with van der Waals surface area (Å²) >= 11 is 0. The number of hydrogen-bond acceptors (Lipinski definition) is 3. The zero-order valence-electron chi connectivity index (χ0n) is 20.2. The second kappa shape index (κ2) is 10.2. The highest BCUT2D eigenvalue weighted by Gasteiger charge is 2.33. The van der Waals surface area contributed by atoms with Crippen molar-refractivity contribution in [2.45, 2.75) is 59.0 Å². The summed E-state index contributed by atoms with van der Waals surface area (Å²) in [5, 5.41) is 2.78. The van der Waals surface area contributed by atoms with Crippen molar-refractivity contribution < 1.29 is 18.4 Å². The van der Waals surface area contributed by atoms with Crippen LogP contribution in [0.3, 0.4) is 0 Å². The quantitative estimate of drug-likeness (QED) is 0.666. The molecule has 2 fully saturated rings. The SMILES string of the molecule is Cc1cc(C(=O)Nc2cc(F)cc(CN3CCN(C(=O)C4CCCC4)C(C)C3)c2C)ccc1F. The van der Waals surface area contributed by atoms with Crippen molar-refractivity contribution in [3.8, 4) is 0 Å². The van der Waals surface area contributed by atoms with Crippen LogP contribution in [0, 0.1) is 31.4 Å². The Morgan fingerprint density at radius 3 is 2.47 bits per heavy atom. The number of aryl methyl sites for hydroxylation is 1. The van der Waals surface area contributed by atoms with Crippen molar-refractivity contribution in [2.75, 3.05) is 25.0 Å². The molecule has 0 radical (unpaired) electrons. The summed E-state index contributed by atoms with van der Waals surface area (Å²) in [6, 6.07) is 7.08. The number of nitrogens with zero attached hydrogens (tertiary/aromatic N) is 2. The van der Waals surface area contributed by atoms with E-state index in [1.54, 1.807) is 6.92 Å². The first-order chi connectivity index (χ1) is 16.2. The van der Waals surface area contributed by atoms with Crippen molar-refractivity contribution in [3.05, 3.63) is 64.2 Å². The zero-order chi connectivity index (χ0) is 24.4. The average molecular weight is 470 g/mol. The van der Waals surface area contributed by atoms with Crippen LogP contribution >= 0.6 is 0 Å². The van der Waals surface area contributed by atoms with Crippen molar-refractivity contribution in [2.24, 2.45) is 5.92 Å². The third-order valence-electron chi connectivity index (χ3n) is 7.24. The van der Waals surface area contributed by atoms with Crippen LogP contribution in [-0.4, -0.2) is 47.3 Å². The number of piperazine rings is 1. The Bertz CT molecular complexity index is 1080. The largest absolute Gasteiger partial charge is 0.337 e. The molecule has 1 unspecified atom stereocenters. The van der Waals surface area contributed by atoms with Gasteiger partial charge < -0.3 is 10.2 Å². The standard InChI is InChI=1S/C27H33F2N3O2/c1-17-12-21(8-9-24(17)29)26(33)30-25-14-23(28)13-22(19(25)3)16-31-10-11-32(18(2)15-31)27(34)20-6-4-5-7-20/h8-9,12-14,18,20H,4-7,10-11,15-16H2,1-3H3,(H,30,33). The molecule has 5 nitrogen and oxygen atoms in total. The van der Waals surface area contributed by atoms with Crippen LogP contribution in [0.1, 0.15) is 59.7 Å². The van der Waals surface area contributed by atoms with Crippen LogP contribution < -0.4 is 5.32 Å². The van der Waals surface area contributed by atoms with E-state index in [1.165, 1.54) is 30.3 Å². The molecule has 2 aromatic carbocycles. The summed E-state index contributed by atoms with van der Waals surface area (Å²) in [5.74, 6) is -0.743. The molecule has 34 heavy (non-hydrogen) atoms. The molecule has 0 bridgehead atoms. The number of anilines is 1. The Balaban J connectivity index is 1.43. The van der Waals surface area contributed by atoms with E-state index in [1.807, 2.05) is 11.8 Å². The molecule has 1 aliphatic carbocycles. The first-order valence-corrected chi connectivity index (χ1v) is 12.1.